The van der Waals surface area contributed by atoms with E-state index in [2.05, 4.69) is 38.2 Å². The van der Waals surface area contributed by atoms with Gasteiger partial charge in [-0.3, -0.25) is 9.59 Å². The van der Waals surface area contributed by atoms with Crippen LogP contribution in [0.3, 0.4) is 0 Å². The Hall–Kier alpha value is -2.23. The van der Waals surface area contributed by atoms with Gasteiger partial charge in [0.2, 0.25) is 0 Å². The maximum Gasteiger partial charge on any atom is 0.361 e. The number of unbranched alkanes of at least 4 members (excludes halogenated alkanes) is 33. The van der Waals surface area contributed by atoms with E-state index in [0.717, 1.165) is 64.2 Å². The van der Waals surface area contributed by atoms with Crippen LogP contribution in [0.1, 0.15) is 264 Å². The second kappa shape index (κ2) is 49.2. The first kappa shape index (κ1) is 63.8. The lowest BCUT2D eigenvalue weighted by molar-refractivity contribution is -0.870. The fourth-order valence-electron chi connectivity index (χ4n) is 8.09. The molecule has 0 aromatic rings. The van der Waals surface area contributed by atoms with Gasteiger partial charge in [-0.1, -0.05) is 237 Å². The number of ether oxygens (including phenoxy) is 4. The number of carboxylic acids is 1. The number of rotatable bonds is 52. The molecule has 0 aliphatic carbocycles. The standard InChI is InChI=1S/C57H107NO8/c1-6-8-10-12-14-16-18-20-22-23-24-25-26-27-28-29-30-31-32-33-34-36-37-39-41-43-45-47-54(59)64-51-53(52-65-57(56(61)62)63-50-49-58(3,4)5)66-55(60)48-46-44-42-40-38-35-21-19-17-15-13-11-9-7-2/h13,15,19,21,53,57H,6-12,14,16-18,20,22-52H2,1-5H3/p+1/b15-13-,21-19-. The number of aliphatic carboxylic acids is 1. The molecule has 1 N–H and O–H groups in total. The van der Waals surface area contributed by atoms with Gasteiger partial charge < -0.3 is 28.5 Å². The minimum atomic E-state index is -1.51. The summed E-state index contributed by atoms with van der Waals surface area (Å²) in [7, 11) is 5.96. The van der Waals surface area contributed by atoms with E-state index in [1.165, 1.54) is 167 Å². The van der Waals surface area contributed by atoms with Crippen LogP contribution in [0.25, 0.3) is 0 Å². The van der Waals surface area contributed by atoms with Crippen LogP contribution in [-0.2, 0) is 33.3 Å². The lowest BCUT2D eigenvalue weighted by atomic mass is 10.0. The van der Waals surface area contributed by atoms with E-state index in [9.17, 15) is 19.5 Å². The highest BCUT2D eigenvalue weighted by atomic mass is 16.7. The molecule has 0 amide bonds. The molecule has 0 radical (unpaired) electrons. The minimum Gasteiger partial charge on any atom is -0.477 e. The van der Waals surface area contributed by atoms with Gasteiger partial charge in [0.15, 0.2) is 6.10 Å². The number of carbonyl (C=O) groups is 3. The van der Waals surface area contributed by atoms with Gasteiger partial charge in [-0.15, -0.1) is 0 Å². The number of nitrogens with zero attached hydrogens (tertiary/aromatic N) is 1. The molecule has 0 aromatic heterocycles. The van der Waals surface area contributed by atoms with Crippen molar-refractivity contribution in [2.45, 2.75) is 277 Å². The number of hydrogen-bond donors (Lipinski definition) is 1. The number of quaternary nitrogens is 1. The number of carboxylic acid groups (broad SMARTS) is 1. The summed E-state index contributed by atoms with van der Waals surface area (Å²) in [5, 5.41) is 9.67. The highest BCUT2D eigenvalue weighted by Gasteiger charge is 2.25. The third-order valence-electron chi connectivity index (χ3n) is 12.5. The predicted molar refractivity (Wildman–Crippen MR) is 277 cm³/mol. The number of likely N-dealkylation sites (N-methyl/N-ethyl adjacent to an activating group) is 1. The number of esters is 2. The lowest BCUT2D eigenvalue weighted by Crippen LogP contribution is -2.40. The third kappa shape index (κ3) is 49.7. The van der Waals surface area contributed by atoms with Crippen LogP contribution in [-0.4, -0.2) is 87.4 Å². The molecule has 0 aliphatic heterocycles. The van der Waals surface area contributed by atoms with Gasteiger partial charge in [-0.25, -0.2) is 4.79 Å². The zero-order valence-corrected chi connectivity index (χ0v) is 44.1. The van der Waals surface area contributed by atoms with E-state index < -0.39 is 24.3 Å². The largest absolute Gasteiger partial charge is 0.477 e. The SMILES string of the molecule is CCCC/C=C\C/C=C\CCCCCCCC(=O)OC(COC(=O)CCCCCCCCCCCCCCCCCCCCCCCCCCCCC)COC(OCC[N+](C)(C)C)C(=O)O. The van der Waals surface area contributed by atoms with Crippen LogP contribution < -0.4 is 0 Å². The Balaban J connectivity index is 4.14. The predicted octanol–water partition coefficient (Wildman–Crippen LogP) is 16.0. The van der Waals surface area contributed by atoms with Gasteiger partial charge >= 0.3 is 17.9 Å². The van der Waals surface area contributed by atoms with Crippen LogP contribution in [0.15, 0.2) is 24.3 Å². The average Bonchev–Trinajstić information content (AvgIpc) is 3.28. The van der Waals surface area contributed by atoms with Crippen molar-refractivity contribution >= 4 is 17.9 Å². The van der Waals surface area contributed by atoms with Crippen molar-refractivity contribution in [3.05, 3.63) is 24.3 Å². The molecule has 9 nitrogen and oxygen atoms in total. The molecule has 0 aromatic carbocycles. The molecule has 66 heavy (non-hydrogen) atoms. The Labute approximate surface area is 407 Å². The van der Waals surface area contributed by atoms with Gasteiger partial charge in [-0.2, -0.15) is 0 Å². The third-order valence-corrected chi connectivity index (χ3v) is 12.5. The Morgan fingerprint density at radius 1 is 0.455 bits per heavy atom. The van der Waals surface area contributed by atoms with Crippen LogP contribution >= 0.6 is 0 Å². The summed E-state index contributed by atoms with van der Waals surface area (Å²) in [6.45, 7) is 4.85. The van der Waals surface area contributed by atoms with Gasteiger partial charge in [0.1, 0.15) is 13.2 Å². The summed E-state index contributed by atoms with van der Waals surface area (Å²) in [5.41, 5.74) is 0. The lowest BCUT2D eigenvalue weighted by Gasteiger charge is -2.25. The first-order chi connectivity index (χ1) is 32.1. The number of allylic oxidation sites excluding steroid dienone is 4. The first-order valence-corrected chi connectivity index (χ1v) is 28.0. The molecule has 0 spiro atoms. The molecule has 9 heteroatoms. The number of carbonyl (C=O) groups excluding carboxylic acids is 2. The second-order valence-electron chi connectivity index (χ2n) is 20.3. The molecule has 0 heterocycles. The van der Waals surface area contributed by atoms with E-state index in [1.54, 1.807) is 0 Å². The maximum atomic E-state index is 12.8. The molecule has 0 aliphatic rings. The zero-order chi connectivity index (χ0) is 48.4. The van der Waals surface area contributed by atoms with E-state index in [0.29, 0.717) is 23.9 Å². The zero-order valence-electron chi connectivity index (χ0n) is 44.1. The van der Waals surface area contributed by atoms with Crippen LogP contribution in [0.5, 0.6) is 0 Å². The molecule has 0 saturated carbocycles. The van der Waals surface area contributed by atoms with Crippen molar-refractivity contribution in [2.75, 3.05) is 47.5 Å². The Bertz CT molecular complexity index is 1130. The van der Waals surface area contributed by atoms with Gasteiger partial charge in [0.05, 0.1) is 34.4 Å². The normalized spacial score (nSPS) is 12.9. The summed E-state index contributed by atoms with van der Waals surface area (Å²) in [5.74, 6) is -2.01. The van der Waals surface area contributed by atoms with Crippen molar-refractivity contribution in [2.24, 2.45) is 0 Å². The highest BCUT2D eigenvalue weighted by Crippen LogP contribution is 2.17. The quantitative estimate of drug-likeness (QED) is 0.0211. The van der Waals surface area contributed by atoms with E-state index in [-0.39, 0.29) is 32.2 Å². The van der Waals surface area contributed by atoms with Crippen LogP contribution in [0.2, 0.25) is 0 Å². The molecule has 2 unspecified atom stereocenters. The summed E-state index contributed by atoms with van der Waals surface area (Å²) in [4.78, 5) is 37.3. The fourth-order valence-corrected chi connectivity index (χ4v) is 8.09. The summed E-state index contributed by atoms with van der Waals surface area (Å²) in [6, 6.07) is 0. The molecule has 0 saturated heterocycles. The van der Waals surface area contributed by atoms with Gasteiger partial charge in [0, 0.05) is 12.8 Å². The fraction of sp³-hybridized carbons (Fsp3) is 0.877. The monoisotopic (exact) mass is 935 g/mol. The molecule has 0 rings (SSSR count). The molecule has 388 valence electrons. The Morgan fingerprint density at radius 2 is 0.833 bits per heavy atom. The first-order valence-electron chi connectivity index (χ1n) is 28.0. The van der Waals surface area contributed by atoms with E-state index >= 15 is 0 Å². The number of hydrogen-bond acceptors (Lipinski definition) is 7. The summed E-state index contributed by atoms with van der Waals surface area (Å²) >= 11 is 0. The minimum absolute atomic E-state index is 0.183. The van der Waals surface area contributed by atoms with Crippen molar-refractivity contribution in [3.8, 4) is 0 Å². The maximum absolute atomic E-state index is 12.8. The summed E-state index contributed by atoms with van der Waals surface area (Å²) in [6.07, 6.45) is 54.1. The Morgan fingerprint density at radius 3 is 1.24 bits per heavy atom. The van der Waals surface area contributed by atoms with Gasteiger partial charge in [-0.05, 0) is 38.5 Å². The average molecular weight is 935 g/mol. The molecule has 0 fully saturated rings. The van der Waals surface area contributed by atoms with Crippen molar-refractivity contribution in [1.82, 2.24) is 0 Å². The second-order valence-corrected chi connectivity index (χ2v) is 20.3. The van der Waals surface area contributed by atoms with E-state index in [1.807, 2.05) is 21.1 Å². The van der Waals surface area contributed by atoms with Crippen molar-refractivity contribution < 1.29 is 42.9 Å². The van der Waals surface area contributed by atoms with Crippen LogP contribution in [0.4, 0.5) is 0 Å². The smallest absolute Gasteiger partial charge is 0.361 e. The van der Waals surface area contributed by atoms with E-state index in [4.69, 9.17) is 18.9 Å². The topological polar surface area (TPSA) is 108 Å². The highest BCUT2D eigenvalue weighted by molar-refractivity contribution is 5.71. The summed E-state index contributed by atoms with van der Waals surface area (Å²) < 4.78 is 22.8. The molecule has 2 atom stereocenters. The molecular weight excluding hydrogens is 827 g/mol. The Kier molecular flexibility index (Phi) is 47.5. The molecule has 0 bridgehead atoms. The molecular formula is C57H108NO8+. The van der Waals surface area contributed by atoms with Crippen molar-refractivity contribution in [3.63, 3.8) is 0 Å². The van der Waals surface area contributed by atoms with Crippen molar-refractivity contribution in [1.29, 1.82) is 0 Å². The van der Waals surface area contributed by atoms with Gasteiger partial charge in [0.25, 0.3) is 6.29 Å². The van der Waals surface area contributed by atoms with Crippen LogP contribution in [0, 0.1) is 0 Å².